The summed E-state index contributed by atoms with van der Waals surface area (Å²) < 4.78 is 39.7. The molecule has 2 heterocycles. The fourth-order valence-corrected chi connectivity index (χ4v) is 5.58. The fraction of sp³-hybridized carbons (Fsp3) is 0.333. The standard InChI is InChI=1S/C24H22F3N3O3S2/c1-15(31)16-5-7-18(8-6-16)28-9-11-29(12-10-28)23(34)35-20-14-21(32)30(22(20)33)19-4-2-3-17(13-19)24(25,26)27/h2-8,13,20H,9-12,14H2,1H3/t20-/m0/s1. The first-order valence-electron chi connectivity index (χ1n) is 10.9. The summed E-state index contributed by atoms with van der Waals surface area (Å²) in [6.07, 6.45) is -4.70. The number of carbonyl (C=O) groups is 3. The normalized spacial score (nSPS) is 18.9. The molecule has 2 aliphatic rings. The number of ketones is 1. The minimum Gasteiger partial charge on any atom is -0.368 e. The summed E-state index contributed by atoms with van der Waals surface area (Å²) in [5, 5.41) is -0.776. The van der Waals surface area contributed by atoms with Gasteiger partial charge in [-0.3, -0.25) is 14.4 Å². The molecule has 2 amide bonds. The molecular weight excluding hydrogens is 499 g/mol. The molecule has 0 unspecified atom stereocenters. The van der Waals surface area contributed by atoms with Crippen molar-refractivity contribution in [1.82, 2.24) is 4.90 Å². The molecule has 2 aromatic rings. The monoisotopic (exact) mass is 521 g/mol. The largest absolute Gasteiger partial charge is 0.416 e. The number of amides is 2. The van der Waals surface area contributed by atoms with Crippen LogP contribution in [0.3, 0.4) is 0 Å². The third-order valence-corrected chi connectivity index (χ3v) is 7.62. The average Bonchev–Trinajstić information content (AvgIpc) is 3.11. The Bertz CT molecular complexity index is 1160. The van der Waals surface area contributed by atoms with Crippen LogP contribution >= 0.6 is 24.0 Å². The Morgan fingerprint density at radius 2 is 1.66 bits per heavy atom. The van der Waals surface area contributed by atoms with E-state index in [2.05, 4.69) is 4.90 Å². The summed E-state index contributed by atoms with van der Waals surface area (Å²) in [5.41, 5.74) is 0.644. The quantitative estimate of drug-likeness (QED) is 0.336. The first kappa shape index (κ1) is 25.2. The Kier molecular flexibility index (Phi) is 7.18. The molecule has 2 aliphatic heterocycles. The van der Waals surface area contributed by atoms with E-state index in [9.17, 15) is 27.6 Å². The van der Waals surface area contributed by atoms with Crippen molar-refractivity contribution in [1.29, 1.82) is 0 Å². The molecule has 2 saturated heterocycles. The van der Waals surface area contributed by atoms with E-state index < -0.39 is 28.8 Å². The number of halogens is 3. The topological polar surface area (TPSA) is 60.9 Å². The summed E-state index contributed by atoms with van der Waals surface area (Å²) in [6.45, 7) is 4.13. The molecule has 0 aromatic heterocycles. The summed E-state index contributed by atoms with van der Waals surface area (Å²) >= 11 is 6.63. The molecular formula is C24H22F3N3O3S2. The molecule has 0 saturated carbocycles. The van der Waals surface area contributed by atoms with Gasteiger partial charge in [-0.1, -0.05) is 30.0 Å². The average molecular weight is 522 g/mol. The number of hydrogen-bond donors (Lipinski definition) is 0. The predicted molar refractivity (Wildman–Crippen MR) is 133 cm³/mol. The lowest BCUT2D eigenvalue weighted by molar-refractivity contribution is -0.137. The van der Waals surface area contributed by atoms with Crippen molar-refractivity contribution in [2.24, 2.45) is 0 Å². The summed E-state index contributed by atoms with van der Waals surface area (Å²) in [4.78, 5) is 41.8. The highest BCUT2D eigenvalue weighted by Gasteiger charge is 2.42. The Labute approximate surface area is 210 Å². The SMILES string of the molecule is CC(=O)c1ccc(N2CCN(C(=S)S[C@H]3CC(=O)N(c4cccc(C(F)(F)F)c4)C3=O)CC2)cc1. The minimum atomic E-state index is -4.57. The van der Waals surface area contributed by atoms with Crippen molar-refractivity contribution in [2.45, 2.75) is 24.8 Å². The molecule has 2 aromatic carbocycles. The lowest BCUT2D eigenvalue weighted by Gasteiger charge is -2.37. The van der Waals surface area contributed by atoms with Gasteiger partial charge in [0.1, 0.15) is 9.57 Å². The first-order valence-corrected chi connectivity index (χ1v) is 12.2. The Hall–Kier alpha value is -2.92. The summed E-state index contributed by atoms with van der Waals surface area (Å²) in [6, 6.07) is 11.6. The van der Waals surface area contributed by atoms with E-state index in [4.69, 9.17) is 12.2 Å². The number of imide groups is 1. The molecule has 0 N–H and O–H groups in total. The third kappa shape index (κ3) is 5.51. The number of thiocarbonyl (C=S) groups is 1. The van der Waals surface area contributed by atoms with Crippen LogP contribution in [0, 0.1) is 0 Å². The highest BCUT2D eigenvalue weighted by molar-refractivity contribution is 8.23. The molecule has 0 spiro atoms. The maximum atomic E-state index is 13.1. The van der Waals surface area contributed by atoms with E-state index in [-0.39, 0.29) is 17.9 Å². The van der Waals surface area contributed by atoms with Crippen LogP contribution in [0.1, 0.15) is 29.3 Å². The third-order valence-electron chi connectivity index (χ3n) is 5.96. The second-order valence-electron chi connectivity index (χ2n) is 8.27. The van der Waals surface area contributed by atoms with Crippen molar-refractivity contribution in [3.8, 4) is 0 Å². The van der Waals surface area contributed by atoms with Crippen molar-refractivity contribution >= 4 is 57.3 Å². The van der Waals surface area contributed by atoms with Crippen molar-refractivity contribution < 1.29 is 27.6 Å². The fourth-order valence-electron chi connectivity index (χ4n) is 4.04. The van der Waals surface area contributed by atoms with Gasteiger partial charge in [-0.2, -0.15) is 13.2 Å². The molecule has 0 aliphatic carbocycles. The maximum Gasteiger partial charge on any atom is 0.416 e. The van der Waals surface area contributed by atoms with E-state index in [0.717, 1.165) is 34.5 Å². The minimum absolute atomic E-state index is 0.00954. The Morgan fingerprint density at radius 3 is 2.26 bits per heavy atom. The zero-order valence-electron chi connectivity index (χ0n) is 18.7. The molecule has 184 valence electrons. The molecule has 2 fully saturated rings. The summed E-state index contributed by atoms with van der Waals surface area (Å²) in [7, 11) is 0. The number of alkyl halides is 3. The molecule has 0 bridgehead atoms. The molecule has 4 rings (SSSR count). The highest BCUT2D eigenvalue weighted by atomic mass is 32.2. The van der Waals surface area contributed by atoms with E-state index in [0.29, 0.717) is 36.1 Å². The van der Waals surface area contributed by atoms with Crippen LogP contribution in [0.4, 0.5) is 24.5 Å². The van der Waals surface area contributed by atoms with Crippen LogP contribution in [0.5, 0.6) is 0 Å². The maximum absolute atomic E-state index is 13.1. The van der Waals surface area contributed by atoms with Gasteiger partial charge in [0.05, 0.1) is 11.3 Å². The van der Waals surface area contributed by atoms with Crippen molar-refractivity contribution in [2.75, 3.05) is 36.0 Å². The lowest BCUT2D eigenvalue weighted by atomic mass is 10.1. The number of hydrogen-bond acceptors (Lipinski definition) is 6. The van der Waals surface area contributed by atoms with Crippen LogP contribution in [0.15, 0.2) is 48.5 Å². The van der Waals surface area contributed by atoms with Gasteiger partial charge in [-0.05, 0) is 49.4 Å². The second-order valence-corrected chi connectivity index (χ2v) is 10.1. The number of Topliss-reactive ketones (excluding diaryl/α,β-unsaturated/α-hetero) is 1. The van der Waals surface area contributed by atoms with Gasteiger partial charge in [0, 0.05) is 43.9 Å². The van der Waals surface area contributed by atoms with Crippen LogP contribution in [0.2, 0.25) is 0 Å². The number of thioether (sulfide) groups is 1. The van der Waals surface area contributed by atoms with E-state index in [1.54, 1.807) is 12.1 Å². The van der Waals surface area contributed by atoms with Crippen LogP contribution in [-0.2, 0) is 15.8 Å². The van der Waals surface area contributed by atoms with Gasteiger partial charge in [-0.15, -0.1) is 0 Å². The number of piperazine rings is 1. The van der Waals surface area contributed by atoms with Crippen molar-refractivity contribution in [3.63, 3.8) is 0 Å². The zero-order chi connectivity index (χ0) is 25.3. The Morgan fingerprint density at radius 1 is 1.00 bits per heavy atom. The van der Waals surface area contributed by atoms with E-state index in [1.165, 1.54) is 19.1 Å². The van der Waals surface area contributed by atoms with E-state index >= 15 is 0 Å². The van der Waals surface area contributed by atoms with Gasteiger partial charge in [0.15, 0.2) is 5.78 Å². The smallest absolute Gasteiger partial charge is 0.368 e. The predicted octanol–water partition coefficient (Wildman–Crippen LogP) is 4.38. The number of carbonyl (C=O) groups excluding carboxylic acids is 3. The number of rotatable bonds is 4. The molecule has 6 nitrogen and oxygen atoms in total. The molecule has 35 heavy (non-hydrogen) atoms. The van der Waals surface area contributed by atoms with Crippen LogP contribution in [-0.4, -0.2) is 58.2 Å². The molecule has 0 radical (unpaired) electrons. The number of nitrogens with zero attached hydrogens (tertiary/aromatic N) is 3. The van der Waals surface area contributed by atoms with Crippen molar-refractivity contribution in [3.05, 3.63) is 59.7 Å². The van der Waals surface area contributed by atoms with Gasteiger partial charge in [0.2, 0.25) is 11.8 Å². The van der Waals surface area contributed by atoms with Gasteiger partial charge in [0.25, 0.3) is 0 Å². The Balaban J connectivity index is 1.35. The molecule has 11 heteroatoms. The van der Waals surface area contributed by atoms with Crippen LogP contribution < -0.4 is 9.80 Å². The van der Waals surface area contributed by atoms with E-state index in [1.807, 2.05) is 17.0 Å². The van der Waals surface area contributed by atoms with Gasteiger partial charge < -0.3 is 9.80 Å². The number of benzene rings is 2. The highest BCUT2D eigenvalue weighted by Crippen LogP contribution is 2.35. The first-order chi connectivity index (χ1) is 16.5. The lowest BCUT2D eigenvalue weighted by Crippen LogP contribution is -2.48. The zero-order valence-corrected chi connectivity index (χ0v) is 20.4. The van der Waals surface area contributed by atoms with Crippen LogP contribution in [0.25, 0.3) is 0 Å². The number of anilines is 2. The summed E-state index contributed by atoms with van der Waals surface area (Å²) in [5.74, 6) is -1.10. The van der Waals surface area contributed by atoms with Gasteiger partial charge >= 0.3 is 6.18 Å². The molecule has 1 atom stereocenters. The second kappa shape index (κ2) is 9.98. The van der Waals surface area contributed by atoms with Gasteiger partial charge in [-0.25, -0.2) is 4.90 Å².